The average molecular weight is 256 g/mol. The van der Waals surface area contributed by atoms with Crippen LogP contribution in [0.1, 0.15) is 12.0 Å². The van der Waals surface area contributed by atoms with E-state index in [1.807, 2.05) is 30.5 Å². The van der Waals surface area contributed by atoms with Crippen molar-refractivity contribution in [1.29, 1.82) is 0 Å². The van der Waals surface area contributed by atoms with E-state index in [-0.39, 0.29) is 5.92 Å². The number of pyridine rings is 1. The van der Waals surface area contributed by atoms with Crippen molar-refractivity contribution in [1.82, 2.24) is 9.88 Å². The number of fused-ring (bicyclic) bond motifs is 1. The Bertz CT molecular complexity index is 607. The molecular weight excluding hydrogens is 240 g/mol. The zero-order chi connectivity index (χ0) is 13.2. The van der Waals surface area contributed by atoms with Gasteiger partial charge in [-0.15, -0.1) is 0 Å². The van der Waals surface area contributed by atoms with Crippen LogP contribution in [0.25, 0.3) is 10.9 Å². The van der Waals surface area contributed by atoms with Crippen LogP contribution in [0.4, 0.5) is 0 Å². The van der Waals surface area contributed by atoms with Crippen LogP contribution >= 0.6 is 0 Å². The number of benzene rings is 1. The molecule has 0 amide bonds. The number of hydrogen-bond donors (Lipinski definition) is 1. The maximum absolute atomic E-state index is 11.0. The first kappa shape index (κ1) is 12.1. The van der Waals surface area contributed by atoms with Crippen LogP contribution in [0.15, 0.2) is 36.5 Å². The number of carboxylic acid groups (broad SMARTS) is 1. The SMILES string of the molecule is O=C(O)[C@H]1CCN(Cc2ccnc3ccccc23)C1. The lowest BCUT2D eigenvalue weighted by Gasteiger charge is -2.16. The number of para-hydroxylation sites is 1. The summed E-state index contributed by atoms with van der Waals surface area (Å²) < 4.78 is 0. The highest BCUT2D eigenvalue weighted by Crippen LogP contribution is 2.22. The van der Waals surface area contributed by atoms with Crippen molar-refractivity contribution in [2.24, 2.45) is 5.92 Å². The molecule has 2 aromatic rings. The molecule has 1 atom stereocenters. The van der Waals surface area contributed by atoms with Gasteiger partial charge >= 0.3 is 5.97 Å². The first-order valence-corrected chi connectivity index (χ1v) is 6.52. The highest BCUT2D eigenvalue weighted by atomic mass is 16.4. The molecule has 19 heavy (non-hydrogen) atoms. The first-order valence-electron chi connectivity index (χ1n) is 6.52. The van der Waals surface area contributed by atoms with Gasteiger partial charge in [-0.1, -0.05) is 18.2 Å². The Morgan fingerprint density at radius 3 is 3.00 bits per heavy atom. The second kappa shape index (κ2) is 4.97. The summed E-state index contributed by atoms with van der Waals surface area (Å²) in [4.78, 5) is 17.5. The highest BCUT2D eigenvalue weighted by Gasteiger charge is 2.27. The molecular formula is C15H16N2O2. The molecule has 4 heteroatoms. The Labute approximate surface area is 111 Å². The molecule has 1 fully saturated rings. The van der Waals surface area contributed by atoms with Gasteiger partial charge in [0.2, 0.25) is 0 Å². The van der Waals surface area contributed by atoms with E-state index in [1.54, 1.807) is 0 Å². The predicted octanol–water partition coefficient (Wildman–Crippen LogP) is 2.14. The van der Waals surface area contributed by atoms with Crippen LogP contribution in [-0.4, -0.2) is 34.0 Å². The lowest BCUT2D eigenvalue weighted by molar-refractivity contribution is -0.141. The molecule has 0 bridgehead atoms. The zero-order valence-corrected chi connectivity index (χ0v) is 10.6. The second-order valence-corrected chi connectivity index (χ2v) is 5.05. The van der Waals surface area contributed by atoms with Crippen molar-refractivity contribution in [3.63, 3.8) is 0 Å². The fourth-order valence-corrected chi connectivity index (χ4v) is 2.71. The van der Waals surface area contributed by atoms with E-state index in [9.17, 15) is 4.79 Å². The molecule has 4 nitrogen and oxygen atoms in total. The third-order valence-electron chi connectivity index (χ3n) is 3.75. The van der Waals surface area contributed by atoms with Gasteiger partial charge in [-0.3, -0.25) is 14.7 Å². The number of nitrogens with zero attached hydrogens (tertiary/aromatic N) is 2. The fraction of sp³-hybridized carbons (Fsp3) is 0.333. The minimum Gasteiger partial charge on any atom is -0.481 e. The molecule has 98 valence electrons. The summed E-state index contributed by atoms with van der Waals surface area (Å²) in [6.07, 6.45) is 2.57. The number of carboxylic acids is 1. The van der Waals surface area contributed by atoms with Crippen LogP contribution < -0.4 is 0 Å². The fourth-order valence-electron chi connectivity index (χ4n) is 2.71. The zero-order valence-electron chi connectivity index (χ0n) is 10.6. The van der Waals surface area contributed by atoms with Gasteiger partial charge in [0.25, 0.3) is 0 Å². The van der Waals surface area contributed by atoms with Gasteiger partial charge in [0.05, 0.1) is 11.4 Å². The van der Waals surface area contributed by atoms with Gasteiger partial charge < -0.3 is 5.11 Å². The number of likely N-dealkylation sites (tertiary alicyclic amines) is 1. The Morgan fingerprint density at radius 1 is 1.37 bits per heavy atom. The molecule has 1 aromatic carbocycles. The Balaban J connectivity index is 1.81. The minimum absolute atomic E-state index is 0.215. The number of aliphatic carboxylic acids is 1. The molecule has 1 aromatic heterocycles. The first-order chi connectivity index (χ1) is 9.24. The molecule has 1 aliphatic rings. The van der Waals surface area contributed by atoms with Gasteiger partial charge in [0, 0.05) is 24.7 Å². The summed E-state index contributed by atoms with van der Waals surface area (Å²) in [6, 6.07) is 10.1. The second-order valence-electron chi connectivity index (χ2n) is 5.05. The van der Waals surface area contributed by atoms with E-state index in [1.165, 1.54) is 5.56 Å². The van der Waals surface area contributed by atoms with Gasteiger partial charge in [-0.05, 0) is 30.7 Å². The number of carbonyl (C=O) groups is 1. The molecule has 0 spiro atoms. The molecule has 3 rings (SSSR count). The highest BCUT2D eigenvalue weighted by molar-refractivity contribution is 5.81. The Kier molecular flexibility index (Phi) is 3.17. The van der Waals surface area contributed by atoms with Gasteiger partial charge in [0.15, 0.2) is 0 Å². The quantitative estimate of drug-likeness (QED) is 0.914. The lowest BCUT2D eigenvalue weighted by atomic mass is 10.1. The van der Waals surface area contributed by atoms with Gasteiger partial charge in [-0.2, -0.15) is 0 Å². The van der Waals surface area contributed by atoms with E-state index in [0.717, 1.165) is 30.4 Å². The van der Waals surface area contributed by atoms with Crippen molar-refractivity contribution < 1.29 is 9.90 Å². The molecule has 1 saturated heterocycles. The van der Waals surface area contributed by atoms with Crippen molar-refractivity contribution >= 4 is 16.9 Å². The molecule has 0 radical (unpaired) electrons. The van der Waals surface area contributed by atoms with E-state index in [4.69, 9.17) is 5.11 Å². The summed E-state index contributed by atoms with van der Waals surface area (Å²) >= 11 is 0. The third kappa shape index (κ3) is 2.44. The monoisotopic (exact) mass is 256 g/mol. The van der Waals surface area contributed by atoms with Crippen LogP contribution in [0, 0.1) is 5.92 Å². The normalized spacial score (nSPS) is 19.9. The molecule has 0 unspecified atom stereocenters. The summed E-state index contributed by atoms with van der Waals surface area (Å²) in [7, 11) is 0. The van der Waals surface area contributed by atoms with E-state index < -0.39 is 5.97 Å². The van der Waals surface area contributed by atoms with Gasteiger partial charge in [0.1, 0.15) is 0 Å². The lowest BCUT2D eigenvalue weighted by Crippen LogP contribution is -2.22. The topological polar surface area (TPSA) is 53.4 Å². The smallest absolute Gasteiger partial charge is 0.307 e. The van der Waals surface area contributed by atoms with Crippen molar-refractivity contribution in [2.45, 2.75) is 13.0 Å². The van der Waals surface area contributed by atoms with Crippen molar-refractivity contribution in [3.05, 3.63) is 42.1 Å². The number of hydrogen-bond acceptors (Lipinski definition) is 3. The molecule has 1 N–H and O–H groups in total. The summed E-state index contributed by atoms with van der Waals surface area (Å²) in [5, 5.41) is 10.2. The number of aromatic nitrogens is 1. The molecule has 0 aliphatic carbocycles. The summed E-state index contributed by atoms with van der Waals surface area (Å²) in [6.45, 7) is 2.30. The number of rotatable bonds is 3. The average Bonchev–Trinajstić information content (AvgIpc) is 2.88. The molecule has 0 saturated carbocycles. The van der Waals surface area contributed by atoms with Crippen molar-refractivity contribution in [2.75, 3.05) is 13.1 Å². The van der Waals surface area contributed by atoms with Crippen LogP contribution in [-0.2, 0) is 11.3 Å². The Hall–Kier alpha value is -1.94. The van der Waals surface area contributed by atoms with E-state index in [2.05, 4.69) is 16.0 Å². The van der Waals surface area contributed by atoms with Crippen LogP contribution in [0.5, 0.6) is 0 Å². The van der Waals surface area contributed by atoms with Crippen LogP contribution in [0.3, 0.4) is 0 Å². The maximum atomic E-state index is 11.0. The minimum atomic E-state index is -0.679. The largest absolute Gasteiger partial charge is 0.481 e. The summed E-state index contributed by atoms with van der Waals surface area (Å²) in [5.74, 6) is -0.893. The third-order valence-corrected chi connectivity index (χ3v) is 3.75. The standard InChI is InChI=1S/C15H16N2O2/c18-15(19)12-6-8-17(10-12)9-11-5-7-16-14-4-2-1-3-13(11)14/h1-5,7,12H,6,8-10H2,(H,18,19)/t12-/m0/s1. The van der Waals surface area contributed by atoms with E-state index in [0.29, 0.717) is 6.54 Å². The molecule has 1 aliphatic heterocycles. The maximum Gasteiger partial charge on any atom is 0.307 e. The van der Waals surface area contributed by atoms with Crippen molar-refractivity contribution in [3.8, 4) is 0 Å². The van der Waals surface area contributed by atoms with Crippen LogP contribution in [0.2, 0.25) is 0 Å². The van der Waals surface area contributed by atoms with Gasteiger partial charge in [-0.25, -0.2) is 0 Å². The predicted molar refractivity (Wildman–Crippen MR) is 72.8 cm³/mol. The van der Waals surface area contributed by atoms with E-state index >= 15 is 0 Å². The summed E-state index contributed by atoms with van der Waals surface area (Å²) in [5.41, 5.74) is 2.21. The molecule has 2 heterocycles. The Morgan fingerprint density at radius 2 is 2.21 bits per heavy atom.